The first-order chi connectivity index (χ1) is 24.7. The summed E-state index contributed by atoms with van der Waals surface area (Å²) < 4.78 is 0. The molecule has 1 aliphatic rings. The van der Waals surface area contributed by atoms with Crippen LogP contribution in [0, 0.1) is 17.8 Å². The maximum atomic E-state index is 14.2. The molecule has 1 saturated carbocycles. The van der Waals surface area contributed by atoms with Gasteiger partial charge in [-0.2, -0.15) is 0 Å². The van der Waals surface area contributed by atoms with Crippen LogP contribution in [-0.2, 0) is 22.4 Å². The summed E-state index contributed by atoms with van der Waals surface area (Å²) in [5, 5.41) is 21.5. The third-order valence-corrected chi connectivity index (χ3v) is 10.1. The molecule has 1 aliphatic carbocycles. The molecule has 5 N–H and O–H groups in total. The van der Waals surface area contributed by atoms with Crippen molar-refractivity contribution in [3.05, 3.63) is 109 Å². The van der Waals surface area contributed by atoms with Crippen molar-refractivity contribution in [2.24, 2.45) is 17.8 Å². The van der Waals surface area contributed by atoms with Crippen LogP contribution in [0.4, 0.5) is 0 Å². The number of pyridine rings is 1. The van der Waals surface area contributed by atoms with Crippen molar-refractivity contribution in [2.75, 3.05) is 0 Å². The summed E-state index contributed by atoms with van der Waals surface area (Å²) in [5.74, 6) is -0.635. The Morgan fingerprint density at radius 1 is 0.902 bits per heavy atom. The van der Waals surface area contributed by atoms with Crippen LogP contribution >= 0.6 is 0 Å². The Bertz CT molecular complexity index is 1720. The largest absolute Gasteiger partial charge is 0.391 e. The van der Waals surface area contributed by atoms with Crippen LogP contribution in [0.3, 0.4) is 0 Å². The van der Waals surface area contributed by atoms with E-state index in [1.807, 2.05) is 66.7 Å². The van der Waals surface area contributed by atoms with Gasteiger partial charge in [-0.25, -0.2) is 9.97 Å². The molecule has 3 amide bonds. The maximum Gasteiger partial charge on any atom is 0.270 e. The number of hydrogen-bond acceptors (Lipinski definition) is 6. The molecule has 0 unspecified atom stereocenters. The number of H-pyrrole nitrogens is 1. The molecule has 0 bridgehead atoms. The first-order valence-corrected chi connectivity index (χ1v) is 18.3. The predicted octanol–water partition coefficient (Wildman–Crippen LogP) is 5.69. The highest BCUT2D eigenvalue weighted by Crippen LogP contribution is 2.30. The average molecular weight is 693 g/mol. The molecular weight excluding hydrogens is 640 g/mol. The van der Waals surface area contributed by atoms with E-state index < -0.39 is 42.0 Å². The quantitative estimate of drug-likeness (QED) is 0.0898. The van der Waals surface area contributed by atoms with Gasteiger partial charge in [0.1, 0.15) is 17.8 Å². The lowest BCUT2D eigenvalue weighted by Crippen LogP contribution is -2.57. The van der Waals surface area contributed by atoms with E-state index in [1.54, 1.807) is 12.3 Å². The Labute approximate surface area is 301 Å². The lowest BCUT2D eigenvalue weighted by atomic mass is 9.81. The van der Waals surface area contributed by atoms with Crippen molar-refractivity contribution in [2.45, 2.75) is 95.9 Å². The normalized spacial score (nSPS) is 16.5. The van der Waals surface area contributed by atoms with Crippen molar-refractivity contribution in [1.29, 1.82) is 0 Å². The summed E-state index contributed by atoms with van der Waals surface area (Å²) in [4.78, 5) is 53.6. The first kappa shape index (κ1) is 37.4. The highest BCUT2D eigenvalue weighted by atomic mass is 16.3. The Hall–Kier alpha value is -4.83. The number of allylic oxidation sites excluding steroid dienone is 1. The van der Waals surface area contributed by atoms with Gasteiger partial charge in [0.2, 0.25) is 11.8 Å². The van der Waals surface area contributed by atoms with Gasteiger partial charge in [0.25, 0.3) is 5.91 Å². The molecule has 10 nitrogen and oxygen atoms in total. The van der Waals surface area contributed by atoms with Gasteiger partial charge in [-0.1, -0.05) is 107 Å². The van der Waals surface area contributed by atoms with Gasteiger partial charge in [-0.15, -0.1) is 6.58 Å². The van der Waals surface area contributed by atoms with Crippen LogP contribution < -0.4 is 16.0 Å². The van der Waals surface area contributed by atoms with E-state index >= 15 is 0 Å². The molecule has 51 heavy (non-hydrogen) atoms. The fourth-order valence-corrected chi connectivity index (χ4v) is 7.04. The summed E-state index contributed by atoms with van der Waals surface area (Å²) in [5.41, 5.74) is 2.36. The fourth-order valence-electron chi connectivity index (χ4n) is 7.04. The SMILES string of the molecule is C=C[C@@H](C[C@@H](O)[C@H](CC1CCCCC1)NC(=O)[C@H](Cc1cnc[nH]1)NC(=O)[C@H](Cc1ccccc1)NC(=O)c1ccc2ccccc2n1)C(C)C. The highest BCUT2D eigenvalue weighted by Gasteiger charge is 2.33. The van der Waals surface area contributed by atoms with Crippen LogP contribution in [0.15, 0.2) is 91.9 Å². The molecule has 0 aliphatic heterocycles. The predicted molar refractivity (Wildman–Crippen MR) is 200 cm³/mol. The lowest BCUT2D eigenvalue weighted by Gasteiger charge is -2.33. The zero-order valence-corrected chi connectivity index (χ0v) is 29.8. The second kappa shape index (κ2) is 18.4. The number of aliphatic hydroxyl groups excluding tert-OH is 1. The van der Waals surface area contributed by atoms with Crippen molar-refractivity contribution < 1.29 is 19.5 Å². The molecule has 4 aromatic rings. The Morgan fingerprint density at radius 2 is 1.61 bits per heavy atom. The van der Waals surface area contributed by atoms with E-state index in [0.29, 0.717) is 30.0 Å². The van der Waals surface area contributed by atoms with Gasteiger partial charge in [0.15, 0.2) is 0 Å². The van der Waals surface area contributed by atoms with Crippen molar-refractivity contribution >= 4 is 28.6 Å². The number of aromatic nitrogens is 3. The molecule has 2 aromatic carbocycles. The number of imidazole rings is 1. The number of carbonyl (C=O) groups is 3. The second-order valence-corrected chi connectivity index (χ2v) is 14.2. The lowest BCUT2D eigenvalue weighted by molar-refractivity contribution is -0.131. The molecule has 0 radical (unpaired) electrons. The average Bonchev–Trinajstić information content (AvgIpc) is 3.66. The number of nitrogens with zero attached hydrogens (tertiary/aromatic N) is 2. The summed E-state index contributed by atoms with van der Waals surface area (Å²) in [6, 6.07) is 17.9. The monoisotopic (exact) mass is 692 g/mol. The number of rotatable bonds is 17. The molecule has 2 heterocycles. The molecule has 1 fully saturated rings. The zero-order chi connectivity index (χ0) is 36.2. The minimum atomic E-state index is -1.01. The van der Waals surface area contributed by atoms with Crippen molar-refractivity contribution in [3.63, 3.8) is 0 Å². The fraction of sp³-hybridized carbons (Fsp3) is 0.439. The Morgan fingerprint density at radius 3 is 2.31 bits per heavy atom. The third-order valence-electron chi connectivity index (χ3n) is 10.1. The smallest absolute Gasteiger partial charge is 0.270 e. The Kier molecular flexibility index (Phi) is 13.5. The van der Waals surface area contributed by atoms with Crippen molar-refractivity contribution in [3.8, 4) is 0 Å². The van der Waals surface area contributed by atoms with E-state index in [-0.39, 0.29) is 30.4 Å². The minimum Gasteiger partial charge on any atom is -0.391 e. The number of fused-ring (bicyclic) bond motifs is 1. The second-order valence-electron chi connectivity index (χ2n) is 14.2. The summed E-state index contributed by atoms with van der Waals surface area (Å²) in [7, 11) is 0. The summed E-state index contributed by atoms with van der Waals surface area (Å²) in [6.07, 6.45) is 11.3. The van der Waals surface area contributed by atoms with E-state index in [9.17, 15) is 19.5 Å². The summed E-state index contributed by atoms with van der Waals surface area (Å²) >= 11 is 0. The molecular formula is C41H52N6O4. The maximum absolute atomic E-state index is 14.2. The number of amides is 3. The van der Waals surface area contributed by atoms with E-state index in [4.69, 9.17) is 0 Å². The number of carbonyl (C=O) groups excluding carboxylic acids is 3. The van der Waals surface area contributed by atoms with Crippen LogP contribution in [0.1, 0.15) is 80.5 Å². The summed E-state index contributed by atoms with van der Waals surface area (Å²) in [6.45, 7) is 8.19. The van der Waals surface area contributed by atoms with Crippen LogP contribution in [0.5, 0.6) is 0 Å². The van der Waals surface area contributed by atoms with Gasteiger partial charge in [0, 0.05) is 30.1 Å². The number of hydrogen-bond donors (Lipinski definition) is 5. The van der Waals surface area contributed by atoms with Gasteiger partial charge in [-0.05, 0) is 48.3 Å². The number of nitrogens with one attached hydrogen (secondary N) is 4. The van der Waals surface area contributed by atoms with Gasteiger partial charge in [0.05, 0.1) is 24.0 Å². The zero-order valence-electron chi connectivity index (χ0n) is 29.8. The van der Waals surface area contributed by atoms with E-state index in [1.165, 1.54) is 12.7 Å². The number of aliphatic hydroxyl groups is 1. The molecule has 2 aromatic heterocycles. The molecule has 0 saturated heterocycles. The third kappa shape index (κ3) is 10.8. The Balaban J connectivity index is 1.37. The topological polar surface area (TPSA) is 149 Å². The first-order valence-electron chi connectivity index (χ1n) is 18.3. The molecule has 0 spiro atoms. The van der Waals surface area contributed by atoms with E-state index in [2.05, 4.69) is 51.3 Å². The van der Waals surface area contributed by atoms with Crippen LogP contribution in [0.25, 0.3) is 10.9 Å². The minimum absolute atomic E-state index is 0.0886. The van der Waals surface area contributed by atoms with E-state index in [0.717, 1.165) is 36.6 Å². The molecule has 5 atom stereocenters. The molecule has 270 valence electrons. The van der Waals surface area contributed by atoms with Crippen molar-refractivity contribution in [1.82, 2.24) is 30.9 Å². The number of aromatic amines is 1. The van der Waals surface area contributed by atoms with Gasteiger partial charge < -0.3 is 26.0 Å². The highest BCUT2D eigenvalue weighted by molar-refractivity contribution is 5.98. The van der Waals surface area contributed by atoms with Gasteiger partial charge >= 0.3 is 0 Å². The molecule has 5 rings (SSSR count). The van der Waals surface area contributed by atoms with Crippen LogP contribution in [0.2, 0.25) is 0 Å². The van der Waals surface area contributed by atoms with Crippen LogP contribution in [-0.4, -0.2) is 62.0 Å². The number of para-hydroxylation sites is 1. The van der Waals surface area contributed by atoms with Gasteiger partial charge in [-0.3, -0.25) is 14.4 Å². The molecule has 10 heteroatoms. The number of benzene rings is 2. The standard InChI is InChI=1S/C41H52N6O4/c1-4-30(27(2)3)23-38(48)35(21-28-13-7-5-8-14-28)45-41(51)37(24-32-25-42-26-43-32)47-40(50)36(22-29-15-9-6-10-16-29)46-39(49)34-20-19-31-17-11-12-18-33(31)44-34/h4,6,9-12,15-20,25-28,30,35-38,48H,1,5,7-8,13-14,21-24H2,2-3H3,(H,42,43)(H,45,51)(H,46,49)(H,47,50)/t30-,35-,36-,37-,38+/m0/s1.